The standard InChI is InChI=1S/C19H20F3NO4/c1-23(10-13-2-4-14(5-3-13)18(25)26)11-16(24)12-27-17-8-6-15(7-9-17)19(20,21)22/h2-9,16,24H,10-12H2,1H3,(H,25,26). The Morgan fingerprint density at radius 1 is 1.11 bits per heavy atom. The number of hydrogen-bond donors (Lipinski definition) is 2. The number of likely N-dealkylation sites (N-methyl/N-ethyl adjacent to an activating group) is 1. The molecule has 0 aliphatic rings. The van der Waals surface area contributed by atoms with Gasteiger partial charge >= 0.3 is 12.1 Å². The van der Waals surface area contributed by atoms with Crippen LogP contribution in [0.3, 0.4) is 0 Å². The van der Waals surface area contributed by atoms with Crippen LogP contribution in [-0.2, 0) is 12.7 Å². The first-order valence-electron chi connectivity index (χ1n) is 8.14. The second-order valence-corrected chi connectivity index (χ2v) is 6.19. The van der Waals surface area contributed by atoms with Crippen LogP contribution in [0.15, 0.2) is 48.5 Å². The molecule has 0 spiro atoms. The summed E-state index contributed by atoms with van der Waals surface area (Å²) in [6.45, 7) is 0.714. The zero-order valence-corrected chi connectivity index (χ0v) is 14.6. The van der Waals surface area contributed by atoms with E-state index in [1.165, 1.54) is 24.3 Å². The van der Waals surface area contributed by atoms with Crippen molar-refractivity contribution in [1.82, 2.24) is 4.90 Å². The van der Waals surface area contributed by atoms with Gasteiger partial charge in [0.2, 0.25) is 0 Å². The molecule has 5 nitrogen and oxygen atoms in total. The molecule has 0 saturated carbocycles. The minimum absolute atomic E-state index is 0.0618. The fourth-order valence-electron chi connectivity index (χ4n) is 2.47. The number of halogens is 3. The summed E-state index contributed by atoms with van der Waals surface area (Å²) in [5, 5.41) is 18.9. The van der Waals surface area contributed by atoms with E-state index in [4.69, 9.17) is 9.84 Å². The molecule has 2 N–H and O–H groups in total. The molecule has 0 saturated heterocycles. The van der Waals surface area contributed by atoms with E-state index in [1.807, 2.05) is 4.90 Å². The Bertz CT molecular complexity index is 745. The predicted molar refractivity (Wildman–Crippen MR) is 92.7 cm³/mol. The van der Waals surface area contributed by atoms with Gasteiger partial charge in [0.1, 0.15) is 18.5 Å². The summed E-state index contributed by atoms with van der Waals surface area (Å²) in [5.41, 5.74) is 0.328. The topological polar surface area (TPSA) is 70.0 Å². The fraction of sp³-hybridized carbons (Fsp3) is 0.316. The van der Waals surface area contributed by atoms with E-state index in [-0.39, 0.29) is 24.5 Å². The van der Waals surface area contributed by atoms with Crippen LogP contribution in [0.2, 0.25) is 0 Å². The molecule has 2 rings (SSSR count). The molecular formula is C19H20F3NO4. The number of carbonyl (C=O) groups is 1. The Morgan fingerprint density at radius 2 is 1.70 bits per heavy atom. The van der Waals surface area contributed by atoms with Crippen molar-refractivity contribution in [3.8, 4) is 5.75 Å². The third-order valence-electron chi connectivity index (χ3n) is 3.80. The van der Waals surface area contributed by atoms with E-state index >= 15 is 0 Å². The molecule has 1 atom stereocenters. The van der Waals surface area contributed by atoms with Crippen molar-refractivity contribution in [1.29, 1.82) is 0 Å². The molecule has 0 amide bonds. The lowest BCUT2D eigenvalue weighted by molar-refractivity contribution is -0.137. The summed E-state index contributed by atoms with van der Waals surface area (Å²) in [7, 11) is 1.78. The van der Waals surface area contributed by atoms with E-state index in [2.05, 4.69) is 0 Å². The number of benzene rings is 2. The molecule has 0 aromatic heterocycles. The molecule has 0 radical (unpaired) electrons. The van der Waals surface area contributed by atoms with Gasteiger partial charge in [0.05, 0.1) is 11.1 Å². The van der Waals surface area contributed by atoms with Crippen LogP contribution in [0, 0.1) is 0 Å². The smallest absolute Gasteiger partial charge is 0.416 e. The first-order chi connectivity index (χ1) is 12.6. The zero-order valence-electron chi connectivity index (χ0n) is 14.6. The lowest BCUT2D eigenvalue weighted by atomic mass is 10.1. The van der Waals surface area contributed by atoms with Crippen LogP contribution < -0.4 is 4.74 Å². The maximum atomic E-state index is 12.5. The number of carboxylic acid groups (broad SMARTS) is 1. The average Bonchev–Trinajstić information content (AvgIpc) is 2.60. The van der Waals surface area contributed by atoms with Gasteiger partial charge in [0, 0.05) is 13.1 Å². The van der Waals surface area contributed by atoms with Crippen molar-refractivity contribution >= 4 is 5.97 Å². The van der Waals surface area contributed by atoms with Gasteiger partial charge in [-0.25, -0.2) is 4.79 Å². The number of aliphatic hydroxyl groups excluding tert-OH is 1. The highest BCUT2D eigenvalue weighted by atomic mass is 19.4. The van der Waals surface area contributed by atoms with Crippen LogP contribution in [0.4, 0.5) is 13.2 Å². The molecule has 8 heteroatoms. The van der Waals surface area contributed by atoms with Gasteiger partial charge in [-0.2, -0.15) is 13.2 Å². The second-order valence-electron chi connectivity index (χ2n) is 6.19. The molecule has 0 aliphatic carbocycles. The van der Waals surface area contributed by atoms with Crippen LogP contribution in [0.5, 0.6) is 5.75 Å². The highest BCUT2D eigenvalue weighted by molar-refractivity contribution is 5.87. The largest absolute Gasteiger partial charge is 0.491 e. The van der Waals surface area contributed by atoms with Gasteiger partial charge < -0.3 is 14.9 Å². The molecular weight excluding hydrogens is 363 g/mol. The van der Waals surface area contributed by atoms with E-state index < -0.39 is 23.8 Å². The van der Waals surface area contributed by atoms with Gasteiger partial charge in [0.15, 0.2) is 0 Å². The summed E-state index contributed by atoms with van der Waals surface area (Å²) in [5.74, 6) is -0.750. The number of aliphatic hydroxyl groups is 1. The normalized spacial score (nSPS) is 12.8. The first kappa shape index (κ1) is 20.7. The molecule has 2 aromatic rings. The predicted octanol–water partition coefficient (Wildman–Crippen LogP) is 3.28. The molecule has 0 heterocycles. The fourth-order valence-corrected chi connectivity index (χ4v) is 2.47. The van der Waals surface area contributed by atoms with Crippen molar-refractivity contribution in [3.63, 3.8) is 0 Å². The molecule has 2 aromatic carbocycles. The summed E-state index contributed by atoms with van der Waals surface area (Å²) in [6.07, 6.45) is -5.24. The van der Waals surface area contributed by atoms with Crippen molar-refractivity contribution in [2.24, 2.45) is 0 Å². The molecule has 1 unspecified atom stereocenters. The number of hydrogen-bond acceptors (Lipinski definition) is 4. The molecule has 27 heavy (non-hydrogen) atoms. The first-order valence-corrected chi connectivity index (χ1v) is 8.14. The van der Waals surface area contributed by atoms with Gasteiger partial charge in [-0.3, -0.25) is 4.90 Å². The number of rotatable bonds is 8. The number of carboxylic acids is 1. The number of nitrogens with zero attached hydrogens (tertiary/aromatic N) is 1. The highest BCUT2D eigenvalue weighted by Gasteiger charge is 2.30. The Kier molecular flexibility index (Phi) is 6.81. The zero-order chi connectivity index (χ0) is 20.0. The monoisotopic (exact) mass is 383 g/mol. The Labute approximate surface area is 154 Å². The van der Waals surface area contributed by atoms with Crippen LogP contribution in [-0.4, -0.2) is 47.4 Å². The van der Waals surface area contributed by atoms with Crippen LogP contribution >= 0.6 is 0 Å². The lowest BCUT2D eigenvalue weighted by Crippen LogP contribution is -2.32. The maximum absolute atomic E-state index is 12.5. The molecule has 0 bridgehead atoms. The van der Waals surface area contributed by atoms with Crippen molar-refractivity contribution < 1.29 is 32.9 Å². The Hall–Kier alpha value is -2.58. The molecule has 0 aliphatic heterocycles. The van der Waals surface area contributed by atoms with Crippen LogP contribution in [0.25, 0.3) is 0 Å². The van der Waals surface area contributed by atoms with Crippen LogP contribution in [0.1, 0.15) is 21.5 Å². The van der Waals surface area contributed by atoms with E-state index in [9.17, 15) is 23.1 Å². The lowest BCUT2D eigenvalue weighted by Gasteiger charge is -2.21. The minimum atomic E-state index is -4.40. The van der Waals surface area contributed by atoms with Gasteiger partial charge in [0.25, 0.3) is 0 Å². The third-order valence-corrected chi connectivity index (χ3v) is 3.80. The number of ether oxygens (including phenoxy) is 1. The SMILES string of the molecule is CN(Cc1ccc(C(=O)O)cc1)CC(O)COc1ccc(C(F)(F)F)cc1. The van der Waals surface area contributed by atoms with E-state index in [0.717, 1.165) is 17.7 Å². The quantitative estimate of drug-likeness (QED) is 0.732. The summed E-state index contributed by atoms with van der Waals surface area (Å²) < 4.78 is 42.8. The van der Waals surface area contributed by atoms with Crippen molar-refractivity contribution in [3.05, 3.63) is 65.2 Å². The summed E-state index contributed by atoms with van der Waals surface area (Å²) >= 11 is 0. The van der Waals surface area contributed by atoms with Crippen molar-refractivity contribution in [2.45, 2.75) is 18.8 Å². The van der Waals surface area contributed by atoms with E-state index in [1.54, 1.807) is 19.2 Å². The van der Waals surface area contributed by atoms with Crippen molar-refractivity contribution in [2.75, 3.05) is 20.2 Å². The molecule has 0 fully saturated rings. The number of aromatic carboxylic acids is 1. The maximum Gasteiger partial charge on any atom is 0.416 e. The van der Waals surface area contributed by atoms with Gasteiger partial charge in [-0.05, 0) is 49.0 Å². The minimum Gasteiger partial charge on any atom is -0.491 e. The van der Waals surface area contributed by atoms with Gasteiger partial charge in [-0.1, -0.05) is 12.1 Å². The molecule has 146 valence electrons. The average molecular weight is 383 g/mol. The third kappa shape index (κ3) is 6.58. The van der Waals surface area contributed by atoms with E-state index in [0.29, 0.717) is 6.54 Å². The summed E-state index contributed by atoms with van der Waals surface area (Å²) in [6, 6.07) is 10.7. The Balaban J connectivity index is 1.79. The second kappa shape index (κ2) is 8.88. The Morgan fingerprint density at radius 3 is 2.22 bits per heavy atom. The van der Waals surface area contributed by atoms with Gasteiger partial charge in [-0.15, -0.1) is 0 Å². The summed E-state index contributed by atoms with van der Waals surface area (Å²) in [4.78, 5) is 12.7. The number of alkyl halides is 3. The highest BCUT2D eigenvalue weighted by Crippen LogP contribution is 2.30.